The van der Waals surface area contributed by atoms with Gasteiger partial charge < -0.3 is 10.2 Å². The third kappa shape index (κ3) is 3.67. The second kappa shape index (κ2) is 5.88. The number of rotatable bonds is 3. The van der Waals surface area contributed by atoms with Crippen LogP contribution in [0.3, 0.4) is 0 Å². The maximum Gasteiger partial charge on any atom is 0.152 e. The molecule has 0 spiro atoms. The van der Waals surface area contributed by atoms with E-state index < -0.39 is 9.84 Å². The lowest BCUT2D eigenvalue weighted by Crippen LogP contribution is -2.28. The van der Waals surface area contributed by atoms with Crippen molar-refractivity contribution in [3.05, 3.63) is 23.4 Å². The van der Waals surface area contributed by atoms with E-state index in [1.807, 2.05) is 20.2 Å². The molecule has 0 bridgehead atoms. The van der Waals surface area contributed by atoms with E-state index in [1.165, 1.54) is 0 Å². The van der Waals surface area contributed by atoms with E-state index in [0.29, 0.717) is 18.7 Å². The third-order valence-corrected chi connectivity index (χ3v) is 5.06. The van der Waals surface area contributed by atoms with Gasteiger partial charge in [-0.1, -0.05) is 0 Å². The van der Waals surface area contributed by atoms with Gasteiger partial charge in [0.2, 0.25) is 0 Å². The molecule has 2 heterocycles. The van der Waals surface area contributed by atoms with E-state index in [-0.39, 0.29) is 5.75 Å². The number of nitrogens with zero attached hydrogens (tertiary/aromatic N) is 2. The van der Waals surface area contributed by atoms with Crippen LogP contribution in [0.25, 0.3) is 0 Å². The Labute approximate surface area is 114 Å². The SMILES string of the molecule is CNCc1cnc(N2CCCS(=O)(=O)CC2)c(C)c1. The summed E-state index contributed by atoms with van der Waals surface area (Å²) in [5.74, 6) is 1.43. The van der Waals surface area contributed by atoms with Crippen LogP contribution in [0.5, 0.6) is 0 Å². The number of aryl methyl sites for hydroxylation is 1. The van der Waals surface area contributed by atoms with Crippen molar-refractivity contribution >= 4 is 15.7 Å². The quantitative estimate of drug-likeness (QED) is 0.886. The number of pyridine rings is 1. The molecule has 106 valence electrons. The summed E-state index contributed by atoms with van der Waals surface area (Å²) < 4.78 is 23.2. The van der Waals surface area contributed by atoms with Gasteiger partial charge in [-0.15, -0.1) is 0 Å². The Morgan fingerprint density at radius 3 is 2.84 bits per heavy atom. The molecule has 19 heavy (non-hydrogen) atoms. The van der Waals surface area contributed by atoms with Gasteiger partial charge in [0.05, 0.1) is 11.5 Å². The van der Waals surface area contributed by atoms with E-state index in [9.17, 15) is 8.42 Å². The average Bonchev–Trinajstić information content (AvgIpc) is 2.51. The van der Waals surface area contributed by atoms with Gasteiger partial charge in [0, 0.05) is 25.8 Å². The van der Waals surface area contributed by atoms with Gasteiger partial charge in [0.25, 0.3) is 0 Å². The fourth-order valence-corrected chi connectivity index (χ4v) is 3.68. The zero-order chi connectivity index (χ0) is 13.9. The second-order valence-corrected chi connectivity index (χ2v) is 7.31. The Kier molecular flexibility index (Phi) is 4.42. The molecular weight excluding hydrogens is 262 g/mol. The number of hydrogen-bond acceptors (Lipinski definition) is 5. The summed E-state index contributed by atoms with van der Waals surface area (Å²) in [5, 5.41) is 3.10. The summed E-state index contributed by atoms with van der Waals surface area (Å²) in [4.78, 5) is 6.59. The van der Waals surface area contributed by atoms with Crippen molar-refractivity contribution in [2.45, 2.75) is 19.9 Å². The van der Waals surface area contributed by atoms with Crippen LogP contribution in [0.15, 0.2) is 12.3 Å². The maximum atomic E-state index is 11.6. The predicted molar refractivity (Wildman–Crippen MR) is 77.2 cm³/mol. The first-order valence-corrected chi connectivity index (χ1v) is 8.39. The van der Waals surface area contributed by atoms with Gasteiger partial charge in [-0.05, 0) is 37.6 Å². The first-order chi connectivity index (χ1) is 9.02. The van der Waals surface area contributed by atoms with Crippen LogP contribution in [0, 0.1) is 6.92 Å². The molecule has 0 saturated carbocycles. The van der Waals surface area contributed by atoms with Gasteiger partial charge in [-0.25, -0.2) is 13.4 Å². The van der Waals surface area contributed by atoms with Gasteiger partial charge in [0.15, 0.2) is 9.84 Å². The molecule has 0 radical (unpaired) electrons. The fraction of sp³-hybridized carbons (Fsp3) is 0.615. The number of sulfone groups is 1. The third-order valence-electron chi connectivity index (χ3n) is 3.34. The summed E-state index contributed by atoms with van der Waals surface area (Å²) in [7, 11) is -0.964. The lowest BCUT2D eigenvalue weighted by Gasteiger charge is -2.23. The van der Waals surface area contributed by atoms with Crippen molar-refractivity contribution in [2.75, 3.05) is 36.5 Å². The Bertz CT molecular complexity index is 543. The fourth-order valence-electron chi connectivity index (χ4n) is 2.41. The molecule has 1 fully saturated rings. The summed E-state index contributed by atoms with van der Waals surface area (Å²) in [6, 6.07) is 2.11. The van der Waals surface area contributed by atoms with Crippen molar-refractivity contribution in [3.8, 4) is 0 Å². The predicted octanol–water partition coefficient (Wildman–Crippen LogP) is 0.734. The highest BCUT2D eigenvalue weighted by atomic mass is 32.2. The molecule has 5 nitrogen and oxygen atoms in total. The highest BCUT2D eigenvalue weighted by molar-refractivity contribution is 7.91. The van der Waals surface area contributed by atoms with E-state index in [0.717, 1.165) is 30.0 Å². The van der Waals surface area contributed by atoms with Crippen LogP contribution >= 0.6 is 0 Å². The lowest BCUT2D eigenvalue weighted by molar-refractivity contribution is 0.597. The first kappa shape index (κ1) is 14.3. The van der Waals surface area contributed by atoms with Gasteiger partial charge in [0.1, 0.15) is 5.82 Å². The highest BCUT2D eigenvalue weighted by Crippen LogP contribution is 2.20. The Hall–Kier alpha value is -1.14. The van der Waals surface area contributed by atoms with Gasteiger partial charge in [-0.3, -0.25) is 0 Å². The second-order valence-electron chi connectivity index (χ2n) is 5.01. The van der Waals surface area contributed by atoms with E-state index in [1.54, 1.807) is 0 Å². The minimum absolute atomic E-state index is 0.229. The normalized spacial score (nSPS) is 19.2. The molecule has 1 aromatic rings. The molecule has 0 aromatic carbocycles. The Morgan fingerprint density at radius 1 is 1.37 bits per heavy atom. The molecule has 0 aliphatic carbocycles. The molecule has 1 aliphatic rings. The molecular formula is C13H21N3O2S. The smallest absolute Gasteiger partial charge is 0.152 e. The first-order valence-electron chi connectivity index (χ1n) is 6.57. The highest BCUT2D eigenvalue weighted by Gasteiger charge is 2.20. The van der Waals surface area contributed by atoms with Crippen molar-refractivity contribution < 1.29 is 8.42 Å². The summed E-state index contributed by atoms with van der Waals surface area (Å²) in [6.45, 7) is 4.13. The summed E-state index contributed by atoms with van der Waals surface area (Å²) in [6.07, 6.45) is 2.54. The van der Waals surface area contributed by atoms with Crippen LogP contribution in [0.1, 0.15) is 17.5 Å². The molecule has 0 unspecified atom stereocenters. The molecule has 1 saturated heterocycles. The minimum Gasteiger partial charge on any atom is -0.355 e. The maximum absolute atomic E-state index is 11.6. The number of nitrogens with one attached hydrogen (secondary N) is 1. The molecule has 0 atom stereocenters. The Balaban J connectivity index is 2.17. The van der Waals surface area contributed by atoms with E-state index in [2.05, 4.69) is 21.3 Å². The van der Waals surface area contributed by atoms with Crippen molar-refractivity contribution in [2.24, 2.45) is 0 Å². The molecule has 1 aromatic heterocycles. The molecule has 0 amide bonds. The molecule has 1 aliphatic heterocycles. The van der Waals surface area contributed by atoms with Gasteiger partial charge in [-0.2, -0.15) is 0 Å². The van der Waals surface area contributed by atoms with Crippen LogP contribution in [0.4, 0.5) is 5.82 Å². The zero-order valence-electron chi connectivity index (χ0n) is 11.5. The zero-order valence-corrected chi connectivity index (χ0v) is 12.3. The number of hydrogen-bond donors (Lipinski definition) is 1. The molecule has 6 heteroatoms. The van der Waals surface area contributed by atoms with Crippen molar-refractivity contribution in [1.82, 2.24) is 10.3 Å². The average molecular weight is 283 g/mol. The van der Waals surface area contributed by atoms with E-state index in [4.69, 9.17) is 0 Å². The van der Waals surface area contributed by atoms with Crippen LogP contribution in [-0.4, -0.2) is 45.0 Å². The van der Waals surface area contributed by atoms with Crippen molar-refractivity contribution in [1.29, 1.82) is 0 Å². The van der Waals surface area contributed by atoms with E-state index >= 15 is 0 Å². The molecule has 2 rings (SSSR count). The monoisotopic (exact) mass is 283 g/mol. The van der Waals surface area contributed by atoms with Gasteiger partial charge >= 0.3 is 0 Å². The standard InChI is InChI=1S/C13H21N3O2S/c1-11-8-12(9-14-2)10-15-13(11)16-4-3-6-19(17,18)7-5-16/h8,10,14H,3-7,9H2,1-2H3. The van der Waals surface area contributed by atoms with Crippen molar-refractivity contribution in [3.63, 3.8) is 0 Å². The number of anilines is 1. The van der Waals surface area contributed by atoms with Crippen LogP contribution < -0.4 is 10.2 Å². The largest absolute Gasteiger partial charge is 0.355 e. The topological polar surface area (TPSA) is 62.3 Å². The summed E-state index contributed by atoms with van der Waals surface area (Å²) in [5.41, 5.74) is 2.25. The molecule has 1 N–H and O–H groups in total. The van der Waals surface area contributed by atoms with Crippen LogP contribution in [0.2, 0.25) is 0 Å². The van der Waals surface area contributed by atoms with Crippen LogP contribution in [-0.2, 0) is 16.4 Å². The lowest BCUT2D eigenvalue weighted by atomic mass is 10.2. The minimum atomic E-state index is -2.87. The number of aromatic nitrogens is 1. The summed E-state index contributed by atoms with van der Waals surface area (Å²) >= 11 is 0. The Morgan fingerprint density at radius 2 is 2.16 bits per heavy atom.